The summed E-state index contributed by atoms with van der Waals surface area (Å²) in [6, 6.07) is 0. The van der Waals surface area contributed by atoms with Crippen LogP contribution in [0.4, 0.5) is 5.95 Å². The van der Waals surface area contributed by atoms with Crippen LogP contribution >= 0.6 is 0 Å². The molecule has 8 heteroatoms. The highest BCUT2D eigenvalue weighted by atomic mass is 16.1. The molecule has 0 saturated carbocycles. The minimum Gasteiger partial charge on any atom is -0.369 e. The summed E-state index contributed by atoms with van der Waals surface area (Å²) < 4.78 is 1.24. The minimum atomic E-state index is -0.571. The van der Waals surface area contributed by atoms with Gasteiger partial charge in [-0.2, -0.15) is 19.7 Å². The number of hydrogen-bond donors (Lipinski definition) is 2. The van der Waals surface area contributed by atoms with Gasteiger partial charge in [0.25, 0.3) is 5.95 Å². The molecule has 0 bridgehead atoms. The van der Waals surface area contributed by atoms with Crippen molar-refractivity contribution >= 4 is 5.95 Å². The first kappa shape index (κ1) is 7.40. The molecule has 8 nitrogen and oxygen atoms in total. The number of H-pyrrole nitrogens is 1. The Kier molecular flexibility index (Phi) is 1.51. The second-order valence-corrected chi connectivity index (χ2v) is 2.18. The zero-order valence-corrected chi connectivity index (χ0v) is 6.38. The van der Waals surface area contributed by atoms with E-state index in [1.165, 1.54) is 17.3 Å². The highest BCUT2D eigenvalue weighted by molar-refractivity contribution is 5.18. The van der Waals surface area contributed by atoms with Gasteiger partial charge in [0, 0.05) is 0 Å². The zero-order chi connectivity index (χ0) is 9.26. The quantitative estimate of drug-likeness (QED) is 0.540. The Labute approximate surface area is 71.5 Å². The predicted molar refractivity (Wildman–Crippen MR) is 42.0 cm³/mol. The van der Waals surface area contributed by atoms with Crippen molar-refractivity contribution in [2.45, 2.75) is 0 Å². The van der Waals surface area contributed by atoms with Gasteiger partial charge in [0.2, 0.25) is 5.95 Å². The lowest BCUT2D eigenvalue weighted by Crippen LogP contribution is -2.18. The van der Waals surface area contributed by atoms with Crippen molar-refractivity contribution in [1.82, 2.24) is 29.7 Å². The first-order chi connectivity index (χ1) is 6.25. The van der Waals surface area contributed by atoms with Gasteiger partial charge >= 0.3 is 5.69 Å². The molecule has 0 unspecified atom stereocenters. The fourth-order valence-electron chi connectivity index (χ4n) is 0.803. The molecule has 66 valence electrons. The first-order valence-electron chi connectivity index (χ1n) is 3.34. The van der Waals surface area contributed by atoms with Crippen LogP contribution in [0.2, 0.25) is 0 Å². The molecule has 0 aliphatic heterocycles. The number of anilines is 1. The fourth-order valence-corrected chi connectivity index (χ4v) is 0.803. The minimum absolute atomic E-state index is 0.00880. The Morgan fingerprint density at radius 3 is 2.92 bits per heavy atom. The Balaban J connectivity index is 2.59. The average molecular weight is 179 g/mol. The van der Waals surface area contributed by atoms with E-state index in [2.05, 4.69) is 25.0 Å². The van der Waals surface area contributed by atoms with E-state index >= 15 is 0 Å². The van der Waals surface area contributed by atoms with Crippen molar-refractivity contribution in [2.75, 3.05) is 5.73 Å². The number of nitrogens with two attached hydrogens (primary N) is 1. The standard InChI is InChI=1S/C5H5N7O/c6-3-9-4(11-5(13)10-3)12-2-7-1-8-12/h1-2H,(H3,6,9,10,11,13). The third kappa shape index (κ3) is 1.36. The third-order valence-corrected chi connectivity index (χ3v) is 1.28. The Hall–Kier alpha value is -2.25. The molecule has 0 fully saturated rings. The molecular formula is C5H5N7O. The molecule has 2 aromatic heterocycles. The topological polar surface area (TPSA) is 115 Å². The molecular weight excluding hydrogens is 174 g/mol. The lowest BCUT2D eigenvalue weighted by molar-refractivity contribution is 0.785. The molecule has 0 saturated heterocycles. The van der Waals surface area contributed by atoms with Crippen molar-refractivity contribution in [3.05, 3.63) is 23.1 Å². The number of aromatic amines is 1. The van der Waals surface area contributed by atoms with Gasteiger partial charge in [0.15, 0.2) is 0 Å². The Bertz CT molecular complexity index is 458. The van der Waals surface area contributed by atoms with E-state index < -0.39 is 5.69 Å². The summed E-state index contributed by atoms with van der Waals surface area (Å²) in [7, 11) is 0. The van der Waals surface area contributed by atoms with Crippen LogP contribution in [0.25, 0.3) is 5.95 Å². The van der Waals surface area contributed by atoms with E-state index in [-0.39, 0.29) is 11.9 Å². The van der Waals surface area contributed by atoms with E-state index in [0.29, 0.717) is 0 Å². The summed E-state index contributed by atoms with van der Waals surface area (Å²) in [5, 5.41) is 3.74. The molecule has 0 atom stereocenters. The predicted octanol–water partition coefficient (Wildman–Crippen LogP) is -1.67. The number of aromatic nitrogens is 6. The van der Waals surface area contributed by atoms with Crippen molar-refractivity contribution < 1.29 is 0 Å². The van der Waals surface area contributed by atoms with E-state index in [0.717, 1.165) is 0 Å². The molecule has 0 aromatic carbocycles. The van der Waals surface area contributed by atoms with Gasteiger partial charge < -0.3 is 5.73 Å². The summed E-state index contributed by atoms with van der Waals surface area (Å²) in [6.07, 6.45) is 2.68. The second-order valence-electron chi connectivity index (χ2n) is 2.18. The molecule has 2 rings (SSSR count). The zero-order valence-electron chi connectivity index (χ0n) is 6.38. The van der Waals surface area contributed by atoms with Gasteiger partial charge in [-0.3, -0.25) is 4.98 Å². The van der Waals surface area contributed by atoms with Crippen LogP contribution in [0.5, 0.6) is 0 Å². The Morgan fingerprint density at radius 2 is 2.31 bits per heavy atom. The molecule has 2 heterocycles. The second kappa shape index (κ2) is 2.66. The van der Waals surface area contributed by atoms with Crippen LogP contribution in [-0.2, 0) is 0 Å². The van der Waals surface area contributed by atoms with Crippen molar-refractivity contribution in [3.63, 3.8) is 0 Å². The third-order valence-electron chi connectivity index (χ3n) is 1.28. The summed E-state index contributed by atoms with van der Waals surface area (Å²) in [6.45, 7) is 0. The molecule has 0 aliphatic rings. The van der Waals surface area contributed by atoms with Crippen LogP contribution < -0.4 is 11.4 Å². The number of hydrogen-bond acceptors (Lipinski definition) is 6. The van der Waals surface area contributed by atoms with E-state index in [9.17, 15) is 4.79 Å². The van der Waals surface area contributed by atoms with Gasteiger partial charge in [-0.15, -0.1) is 0 Å². The maximum atomic E-state index is 10.9. The van der Waals surface area contributed by atoms with E-state index in [1.807, 2.05) is 0 Å². The highest BCUT2D eigenvalue weighted by Gasteiger charge is 2.02. The van der Waals surface area contributed by atoms with Crippen LogP contribution in [0.15, 0.2) is 17.4 Å². The average Bonchev–Trinajstić information content (AvgIpc) is 2.53. The van der Waals surface area contributed by atoms with Crippen LogP contribution in [-0.4, -0.2) is 29.7 Å². The number of rotatable bonds is 1. The van der Waals surface area contributed by atoms with Gasteiger partial charge in [0.05, 0.1) is 0 Å². The molecule has 0 aliphatic carbocycles. The smallest absolute Gasteiger partial charge is 0.351 e. The maximum absolute atomic E-state index is 10.9. The van der Waals surface area contributed by atoms with Crippen molar-refractivity contribution in [2.24, 2.45) is 0 Å². The Morgan fingerprint density at radius 1 is 1.46 bits per heavy atom. The van der Waals surface area contributed by atoms with Crippen LogP contribution in [0.1, 0.15) is 0 Å². The lowest BCUT2D eigenvalue weighted by Gasteiger charge is -1.96. The number of nitrogens with one attached hydrogen (secondary N) is 1. The van der Waals surface area contributed by atoms with E-state index in [4.69, 9.17) is 5.73 Å². The normalized spacial score (nSPS) is 10.2. The van der Waals surface area contributed by atoms with Crippen molar-refractivity contribution in [1.29, 1.82) is 0 Å². The SMILES string of the molecule is Nc1nc(-n2cncn2)nc(=O)[nH]1. The van der Waals surface area contributed by atoms with E-state index in [1.54, 1.807) is 0 Å². The fraction of sp³-hybridized carbons (Fsp3) is 0. The maximum Gasteiger partial charge on any atom is 0.351 e. The summed E-state index contributed by atoms with van der Waals surface area (Å²) in [4.78, 5) is 24.0. The molecule has 13 heavy (non-hydrogen) atoms. The molecule has 0 radical (unpaired) electrons. The monoisotopic (exact) mass is 179 g/mol. The number of nitrogen functional groups attached to an aromatic ring is 1. The van der Waals surface area contributed by atoms with Crippen LogP contribution in [0, 0.1) is 0 Å². The lowest BCUT2D eigenvalue weighted by atomic mass is 10.9. The van der Waals surface area contributed by atoms with Gasteiger partial charge in [-0.1, -0.05) is 0 Å². The summed E-state index contributed by atoms with van der Waals surface area (Å²) in [5.41, 5.74) is 4.73. The number of nitrogens with zero attached hydrogens (tertiary/aromatic N) is 5. The first-order valence-corrected chi connectivity index (χ1v) is 3.34. The molecule has 3 N–H and O–H groups in total. The molecule has 0 spiro atoms. The largest absolute Gasteiger partial charge is 0.369 e. The van der Waals surface area contributed by atoms with Gasteiger partial charge in [-0.05, 0) is 0 Å². The highest BCUT2D eigenvalue weighted by Crippen LogP contribution is 1.93. The molecule has 0 amide bonds. The van der Waals surface area contributed by atoms with Crippen LogP contribution in [0.3, 0.4) is 0 Å². The van der Waals surface area contributed by atoms with Gasteiger partial charge in [-0.25, -0.2) is 9.78 Å². The van der Waals surface area contributed by atoms with Crippen molar-refractivity contribution in [3.8, 4) is 5.95 Å². The molecule has 2 aromatic rings. The summed E-state index contributed by atoms with van der Waals surface area (Å²) >= 11 is 0. The summed E-state index contributed by atoms with van der Waals surface area (Å²) in [5.74, 6) is 0.0873. The van der Waals surface area contributed by atoms with Gasteiger partial charge in [0.1, 0.15) is 12.7 Å².